The highest BCUT2D eigenvalue weighted by Crippen LogP contribution is 2.23. The Morgan fingerprint density at radius 2 is 1.95 bits per heavy atom. The van der Waals surface area contributed by atoms with Crippen molar-refractivity contribution in [2.45, 2.75) is 6.92 Å². The molecule has 0 aliphatic heterocycles. The third kappa shape index (κ3) is 1.88. The SMILES string of the molecule is Cc1ccccc1C(=O)c1c[nH]c2cc(C#N)ccc12. The van der Waals surface area contributed by atoms with Crippen molar-refractivity contribution in [2.24, 2.45) is 0 Å². The van der Waals surface area contributed by atoms with Crippen molar-refractivity contribution < 1.29 is 4.79 Å². The first-order chi connectivity index (χ1) is 9.70. The second-order valence-corrected chi connectivity index (χ2v) is 4.72. The van der Waals surface area contributed by atoms with Gasteiger partial charge in [0.25, 0.3) is 0 Å². The predicted molar refractivity (Wildman–Crippen MR) is 77.6 cm³/mol. The van der Waals surface area contributed by atoms with Crippen molar-refractivity contribution in [3.05, 3.63) is 70.9 Å². The van der Waals surface area contributed by atoms with Crippen LogP contribution in [0.5, 0.6) is 0 Å². The van der Waals surface area contributed by atoms with Crippen LogP contribution >= 0.6 is 0 Å². The van der Waals surface area contributed by atoms with E-state index >= 15 is 0 Å². The maximum absolute atomic E-state index is 12.6. The first-order valence-electron chi connectivity index (χ1n) is 6.32. The second kappa shape index (κ2) is 4.67. The van der Waals surface area contributed by atoms with Crippen LogP contribution in [0.4, 0.5) is 0 Å². The van der Waals surface area contributed by atoms with Gasteiger partial charge in [-0.15, -0.1) is 0 Å². The smallest absolute Gasteiger partial charge is 0.195 e. The molecule has 0 saturated carbocycles. The van der Waals surface area contributed by atoms with Gasteiger partial charge in [-0.05, 0) is 24.6 Å². The number of carbonyl (C=O) groups excluding carboxylic acids is 1. The number of aromatic nitrogens is 1. The van der Waals surface area contributed by atoms with Crippen molar-refractivity contribution in [2.75, 3.05) is 0 Å². The summed E-state index contributed by atoms with van der Waals surface area (Å²) in [5.41, 5.74) is 3.69. The summed E-state index contributed by atoms with van der Waals surface area (Å²) in [5, 5.41) is 9.74. The van der Waals surface area contributed by atoms with E-state index in [0.717, 1.165) is 16.5 Å². The molecule has 3 nitrogen and oxygen atoms in total. The van der Waals surface area contributed by atoms with Crippen LogP contribution in [0, 0.1) is 18.3 Å². The summed E-state index contributed by atoms with van der Waals surface area (Å²) in [6.45, 7) is 1.93. The quantitative estimate of drug-likeness (QED) is 0.716. The van der Waals surface area contributed by atoms with E-state index in [0.29, 0.717) is 16.7 Å². The average molecular weight is 260 g/mol. The van der Waals surface area contributed by atoms with Gasteiger partial charge in [0.15, 0.2) is 5.78 Å². The molecule has 0 spiro atoms. The molecule has 3 aromatic rings. The summed E-state index contributed by atoms with van der Waals surface area (Å²) in [4.78, 5) is 15.7. The lowest BCUT2D eigenvalue weighted by Crippen LogP contribution is -2.02. The molecule has 1 aromatic heterocycles. The number of hydrogen-bond donors (Lipinski definition) is 1. The van der Waals surface area contributed by atoms with Gasteiger partial charge in [0.05, 0.1) is 11.6 Å². The fourth-order valence-electron chi connectivity index (χ4n) is 2.36. The minimum absolute atomic E-state index is 0.000873. The van der Waals surface area contributed by atoms with Gasteiger partial charge in [-0.1, -0.05) is 30.3 Å². The van der Waals surface area contributed by atoms with Crippen molar-refractivity contribution in [3.63, 3.8) is 0 Å². The standard InChI is InChI=1S/C17H12N2O/c1-11-4-2-3-5-13(11)17(20)15-10-19-16-8-12(9-18)6-7-14(15)16/h2-8,10,19H,1H3. The number of aryl methyl sites for hydroxylation is 1. The van der Waals surface area contributed by atoms with Gasteiger partial charge in [-0.3, -0.25) is 4.79 Å². The third-order valence-electron chi connectivity index (χ3n) is 3.45. The van der Waals surface area contributed by atoms with E-state index in [1.807, 2.05) is 37.3 Å². The number of carbonyl (C=O) groups is 1. The Kier molecular flexibility index (Phi) is 2.85. The molecule has 0 radical (unpaired) electrons. The molecule has 20 heavy (non-hydrogen) atoms. The molecular formula is C17H12N2O. The summed E-state index contributed by atoms with van der Waals surface area (Å²) in [7, 11) is 0. The van der Waals surface area contributed by atoms with Gasteiger partial charge in [-0.25, -0.2) is 0 Å². The third-order valence-corrected chi connectivity index (χ3v) is 3.45. The molecule has 0 fully saturated rings. The Morgan fingerprint density at radius 3 is 2.70 bits per heavy atom. The van der Waals surface area contributed by atoms with Crippen molar-refractivity contribution in [1.29, 1.82) is 5.26 Å². The van der Waals surface area contributed by atoms with Crippen LogP contribution in [0.3, 0.4) is 0 Å². The fourth-order valence-corrected chi connectivity index (χ4v) is 2.36. The van der Waals surface area contributed by atoms with Crippen molar-refractivity contribution in [1.82, 2.24) is 4.98 Å². The van der Waals surface area contributed by atoms with Gasteiger partial charge < -0.3 is 4.98 Å². The lowest BCUT2D eigenvalue weighted by Gasteiger charge is -2.03. The van der Waals surface area contributed by atoms with Gasteiger partial charge in [0.1, 0.15) is 0 Å². The minimum atomic E-state index is -0.000873. The Labute approximate surface area is 116 Å². The molecule has 1 N–H and O–H groups in total. The molecule has 0 unspecified atom stereocenters. The number of fused-ring (bicyclic) bond motifs is 1. The van der Waals surface area contributed by atoms with Crippen molar-refractivity contribution in [3.8, 4) is 6.07 Å². The zero-order valence-electron chi connectivity index (χ0n) is 11.0. The number of nitrogens with one attached hydrogen (secondary N) is 1. The summed E-state index contributed by atoms with van der Waals surface area (Å²) < 4.78 is 0. The highest BCUT2D eigenvalue weighted by molar-refractivity contribution is 6.17. The molecule has 0 bridgehead atoms. The normalized spacial score (nSPS) is 10.4. The van der Waals surface area contributed by atoms with Gasteiger partial charge in [0.2, 0.25) is 0 Å². The van der Waals surface area contributed by atoms with Gasteiger partial charge in [0, 0.05) is 28.2 Å². The number of nitrogens with zero attached hydrogens (tertiary/aromatic N) is 1. The molecule has 1 heterocycles. The number of rotatable bonds is 2. The zero-order chi connectivity index (χ0) is 14.1. The van der Waals surface area contributed by atoms with E-state index in [1.54, 1.807) is 18.3 Å². The van der Waals surface area contributed by atoms with Crippen molar-refractivity contribution >= 4 is 16.7 Å². The molecule has 0 aliphatic rings. The van der Waals surface area contributed by atoms with Crippen LogP contribution in [-0.2, 0) is 0 Å². The largest absolute Gasteiger partial charge is 0.360 e. The summed E-state index contributed by atoms with van der Waals surface area (Å²) >= 11 is 0. The summed E-state index contributed by atoms with van der Waals surface area (Å²) in [6, 6.07) is 14.9. The molecule has 0 saturated heterocycles. The van der Waals surface area contributed by atoms with Crippen LogP contribution in [-0.4, -0.2) is 10.8 Å². The molecule has 0 atom stereocenters. The number of H-pyrrole nitrogens is 1. The monoisotopic (exact) mass is 260 g/mol. The summed E-state index contributed by atoms with van der Waals surface area (Å²) in [6.07, 6.45) is 1.71. The Bertz CT molecular complexity index is 853. The summed E-state index contributed by atoms with van der Waals surface area (Å²) in [5.74, 6) is -0.000873. The van der Waals surface area contributed by atoms with E-state index in [1.165, 1.54) is 0 Å². The second-order valence-electron chi connectivity index (χ2n) is 4.72. The van der Waals surface area contributed by atoms with Crippen LogP contribution in [0.15, 0.2) is 48.7 Å². The highest BCUT2D eigenvalue weighted by atomic mass is 16.1. The van der Waals surface area contributed by atoms with E-state index in [-0.39, 0.29) is 5.78 Å². The first kappa shape index (κ1) is 12.2. The molecule has 0 aliphatic carbocycles. The Morgan fingerprint density at radius 1 is 1.15 bits per heavy atom. The van der Waals surface area contributed by atoms with E-state index < -0.39 is 0 Å². The number of nitriles is 1. The Hall–Kier alpha value is -2.86. The first-order valence-corrected chi connectivity index (χ1v) is 6.32. The zero-order valence-corrected chi connectivity index (χ0v) is 11.0. The van der Waals surface area contributed by atoms with E-state index in [9.17, 15) is 4.79 Å². The number of hydrogen-bond acceptors (Lipinski definition) is 2. The van der Waals surface area contributed by atoms with E-state index in [4.69, 9.17) is 5.26 Å². The number of ketones is 1. The van der Waals surface area contributed by atoms with Crippen LogP contribution < -0.4 is 0 Å². The molecule has 3 heteroatoms. The molecule has 3 rings (SSSR count). The number of aromatic amines is 1. The number of benzene rings is 2. The predicted octanol–water partition coefficient (Wildman–Crippen LogP) is 3.58. The van der Waals surface area contributed by atoms with Crippen LogP contribution in [0.25, 0.3) is 10.9 Å². The van der Waals surface area contributed by atoms with Crippen LogP contribution in [0.1, 0.15) is 27.0 Å². The molecule has 96 valence electrons. The van der Waals surface area contributed by atoms with Gasteiger partial charge in [-0.2, -0.15) is 5.26 Å². The van der Waals surface area contributed by atoms with E-state index in [2.05, 4.69) is 11.1 Å². The average Bonchev–Trinajstić information content (AvgIpc) is 2.90. The van der Waals surface area contributed by atoms with Gasteiger partial charge >= 0.3 is 0 Å². The molecular weight excluding hydrogens is 248 g/mol. The molecule has 2 aromatic carbocycles. The minimum Gasteiger partial charge on any atom is -0.360 e. The Balaban J connectivity index is 2.14. The maximum atomic E-state index is 12.6. The fraction of sp³-hybridized carbons (Fsp3) is 0.0588. The maximum Gasteiger partial charge on any atom is 0.195 e. The van der Waals surface area contributed by atoms with Crippen LogP contribution in [0.2, 0.25) is 0 Å². The highest BCUT2D eigenvalue weighted by Gasteiger charge is 2.15. The topological polar surface area (TPSA) is 56.6 Å². The lowest BCUT2D eigenvalue weighted by molar-refractivity contribution is 0.104. The lowest BCUT2D eigenvalue weighted by atomic mass is 9.98. The molecule has 0 amide bonds.